The summed E-state index contributed by atoms with van der Waals surface area (Å²) in [5.41, 5.74) is 5.83. The maximum atomic E-state index is 11.7. The molecule has 1 aromatic rings. The number of fused-ring (bicyclic) bond motifs is 1. The van der Waals surface area contributed by atoms with Crippen LogP contribution in [0, 0.1) is 5.92 Å². The van der Waals surface area contributed by atoms with E-state index in [1.165, 1.54) is 0 Å². The molecule has 12 heteroatoms. The lowest BCUT2D eigenvalue weighted by molar-refractivity contribution is -0.148. The van der Waals surface area contributed by atoms with Gasteiger partial charge in [0.05, 0.1) is 0 Å². The van der Waals surface area contributed by atoms with Crippen molar-refractivity contribution in [3.05, 3.63) is 22.7 Å². The van der Waals surface area contributed by atoms with Crippen LogP contribution < -0.4 is 20.5 Å². The molecule has 0 saturated heterocycles. The normalized spacial score (nSPS) is 20.9. The number of unbranched alkanes of at least 4 members (excludes halogenated alkanes) is 1. The van der Waals surface area contributed by atoms with Gasteiger partial charge in [-0.15, -0.1) is 24.8 Å². The molecule has 0 amide bonds. The number of carboxylic acid groups (broad SMARTS) is 1. The number of rotatable bonds is 10. The standard InChI is InChI=1S/C18H26BClN2O6.2ClH/c20-14-8-16-15(27-10-28-16)5-11(14)9-22-13-6-12(7-13)18(21,17(23)24)3-1-2-4-19(25)26;;/h5,8,12-13,22,25-26H,1-4,6-7,9-10,21H2,(H,23,24);2*1H. The summed E-state index contributed by atoms with van der Waals surface area (Å²) in [4.78, 5) is 11.7. The summed E-state index contributed by atoms with van der Waals surface area (Å²) in [5, 5.41) is 31.4. The number of hydrogen-bond donors (Lipinski definition) is 5. The Morgan fingerprint density at radius 3 is 2.47 bits per heavy atom. The smallest absolute Gasteiger partial charge is 0.451 e. The molecule has 1 unspecified atom stereocenters. The Morgan fingerprint density at radius 2 is 1.87 bits per heavy atom. The molecule has 1 heterocycles. The molecule has 0 radical (unpaired) electrons. The van der Waals surface area contributed by atoms with Gasteiger partial charge in [0, 0.05) is 23.7 Å². The number of halogens is 3. The van der Waals surface area contributed by atoms with Crippen LogP contribution in [0.15, 0.2) is 12.1 Å². The zero-order valence-corrected chi connectivity index (χ0v) is 18.8. The minimum atomic E-state index is -1.36. The van der Waals surface area contributed by atoms with Crippen LogP contribution in [0.2, 0.25) is 11.3 Å². The van der Waals surface area contributed by atoms with E-state index in [9.17, 15) is 9.90 Å². The maximum Gasteiger partial charge on any atom is 0.451 e. The maximum absolute atomic E-state index is 11.7. The highest BCUT2D eigenvalue weighted by Gasteiger charge is 2.48. The molecule has 1 aromatic carbocycles. The van der Waals surface area contributed by atoms with Crippen LogP contribution in [0.1, 0.15) is 37.7 Å². The molecular weight excluding hydrogens is 457 g/mol. The van der Waals surface area contributed by atoms with Crippen LogP contribution in [0.5, 0.6) is 11.5 Å². The Kier molecular flexibility index (Phi) is 10.5. The van der Waals surface area contributed by atoms with Gasteiger partial charge in [-0.1, -0.05) is 24.4 Å². The van der Waals surface area contributed by atoms with E-state index < -0.39 is 18.6 Å². The van der Waals surface area contributed by atoms with E-state index in [4.69, 9.17) is 36.9 Å². The van der Waals surface area contributed by atoms with Gasteiger partial charge in [0.25, 0.3) is 0 Å². The molecule has 6 N–H and O–H groups in total. The molecule has 0 aromatic heterocycles. The molecule has 1 atom stereocenters. The second-order valence-electron chi connectivity index (χ2n) is 7.61. The van der Waals surface area contributed by atoms with Gasteiger partial charge in [-0.05, 0) is 43.1 Å². The summed E-state index contributed by atoms with van der Waals surface area (Å²) in [6.07, 6.45) is 2.96. The van der Waals surface area contributed by atoms with Gasteiger partial charge in [0.1, 0.15) is 5.54 Å². The van der Waals surface area contributed by atoms with Gasteiger partial charge in [0.2, 0.25) is 6.79 Å². The first-order chi connectivity index (χ1) is 13.3. The third kappa shape index (κ3) is 6.29. The van der Waals surface area contributed by atoms with Gasteiger partial charge in [-0.2, -0.15) is 0 Å². The van der Waals surface area contributed by atoms with Crippen molar-refractivity contribution in [2.24, 2.45) is 11.7 Å². The van der Waals surface area contributed by atoms with Crippen LogP contribution in [0.25, 0.3) is 0 Å². The minimum absolute atomic E-state index is 0. The molecule has 1 fully saturated rings. The highest BCUT2D eigenvalue weighted by atomic mass is 35.5. The third-order valence-corrected chi connectivity index (χ3v) is 6.04. The van der Waals surface area contributed by atoms with E-state index in [1.54, 1.807) is 6.07 Å². The summed E-state index contributed by atoms with van der Waals surface area (Å²) in [6.45, 7) is 0.740. The first kappa shape index (κ1) is 27.1. The first-order valence-electron chi connectivity index (χ1n) is 9.49. The fourth-order valence-electron chi connectivity index (χ4n) is 3.78. The van der Waals surface area contributed by atoms with Crippen LogP contribution in [0.4, 0.5) is 0 Å². The van der Waals surface area contributed by atoms with Crippen molar-refractivity contribution in [2.45, 2.75) is 56.5 Å². The summed E-state index contributed by atoms with van der Waals surface area (Å²) < 4.78 is 10.7. The van der Waals surface area contributed by atoms with Crippen LogP contribution in [-0.2, 0) is 11.3 Å². The lowest BCUT2D eigenvalue weighted by Crippen LogP contribution is -2.61. The van der Waals surface area contributed by atoms with Gasteiger partial charge in [-0.3, -0.25) is 4.79 Å². The first-order valence-corrected chi connectivity index (χ1v) is 9.87. The van der Waals surface area contributed by atoms with Crippen LogP contribution in [-0.4, -0.2) is 46.6 Å². The van der Waals surface area contributed by atoms with Crippen LogP contribution >= 0.6 is 36.4 Å². The summed E-state index contributed by atoms with van der Waals surface area (Å²) >= 11 is 6.28. The molecule has 1 aliphatic carbocycles. The van der Waals surface area contributed by atoms with Gasteiger partial charge in [0.15, 0.2) is 11.5 Å². The lowest BCUT2D eigenvalue weighted by Gasteiger charge is -2.45. The Hall–Kier alpha value is -0.935. The lowest BCUT2D eigenvalue weighted by atomic mass is 9.66. The number of aliphatic carboxylic acids is 1. The van der Waals surface area contributed by atoms with Crippen molar-refractivity contribution in [3.8, 4) is 11.5 Å². The van der Waals surface area contributed by atoms with Crippen LogP contribution in [0.3, 0.4) is 0 Å². The highest BCUT2D eigenvalue weighted by Crippen LogP contribution is 2.40. The summed E-state index contributed by atoms with van der Waals surface area (Å²) in [5.74, 6) is 0.196. The number of carboxylic acids is 1. The quantitative estimate of drug-likeness (QED) is 0.252. The topological polar surface area (TPSA) is 134 Å². The van der Waals surface area contributed by atoms with E-state index >= 15 is 0 Å². The highest BCUT2D eigenvalue weighted by molar-refractivity contribution is 6.40. The molecule has 30 heavy (non-hydrogen) atoms. The molecule has 3 rings (SSSR count). The number of hydrogen-bond acceptors (Lipinski definition) is 7. The minimum Gasteiger partial charge on any atom is -0.480 e. The monoisotopic (exact) mass is 484 g/mol. The molecule has 1 aliphatic heterocycles. The molecule has 8 nitrogen and oxygen atoms in total. The molecule has 0 spiro atoms. The second kappa shape index (κ2) is 11.6. The summed E-state index contributed by atoms with van der Waals surface area (Å²) in [7, 11) is -1.36. The van der Waals surface area contributed by atoms with Crippen molar-refractivity contribution in [2.75, 3.05) is 6.79 Å². The van der Waals surface area contributed by atoms with E-state index in [0.29, 0.717) is 55.2 Å². The Bertz CT molecular complexity index is 723. The van der Waals surface area contributed by atoms with E-state index in [1.807, 2.05) is 6.07 Å². The van der Waals surface area contributed by atoms with Crippen molar-refractivity contribution < 1.29 is 29.4 Å². The molecule has 2 aliphatic rings. The van der Waals surface area contributed by atoms with Gasteiger partial charge in [-0.25, -0.2) is 0 Å². The molecule has 170 valence electrons. The SMILES string of the molecule is Cl.Cl.NC(CCCCB(O)O)(C(=O)O)C1CC(NCc2cc3c(cc2Cl)OCO3)C1. The van der Waals surface area contributed by atoms with E-state index in [2.05, 4.69) is 5.32 Å². The number of ether oxygens (including phenoxy) is 2. The zero-order chi connectivity index (χ0) is 20.3. The predicted octanol–water partition coefficient (Wildman–Crippen LogP) is 2.21. The largest absolute Gasteiger partial charge is 0.480 e. The zero-order valence-electron chi connectivity index (χ0n) is 16.4. The second-order valence-corrected chi connectivity index (χ2v) is 8.02. The fraction of sp³-hybridized carbons (Fsp3) is 0.611. The predicted molar refractivity (Wildman–Crippen MR) is 119 cm³/mol. The number of nitrogens with two attached hydrogens (primary N) is 1. The Balaban J connectivity index is 0.00000225. The van der Waals surface area contributed by atoms with Crippen molar-refractivity contribution in [1.29, 1.82) is 0 Å². The third-order valence-electron chi connectivity index (χ3n) is 5.69. The van der Waals surface area contributed by atoms with Crippen molar-refractivity contribution >= 4 is 49.5 Å². The fourth-order valence-corrected chi connectivity index (χ4v) is 4.00. The Morgan fingerprint density at radius 1 is 1.23 bits per heavy atom. The van der Waals surface area contributed by atoms with E-state index in [0.717, 1.165) is 5.56 Å². The number of benzene rings is 1. The molecule has 0 bridgehead atoms. The summed E-state index contributed by atoms with van der Waals surface area (Å²) in [6, 6.07) is 3.77. The number of carbonyl (C=O) groups is 1. The average Bonchev–Trinajstić information content (AvgIpc) is 3.04. The van der Waals surface area contributed by atoms with Gasteiger partial charge < -0.3 is 35.7 Å². The van der Waals surface area contributed by atoms with E-state index in [-0.39, 0.29) is 49.9 Å². The average molecular weight is 486 g/mol. The van der Waals surface area contributed by atoms with Crippen molar-refractivity contribution in [3.63, 3.8) is 0 Å². The van der Waals surface area contributed by atoms with Gasteiger partial charge >= 0.3 is 13.1 Å². The Labute approximate surface area is 193 Å². The molecule has 1 saturated carbocycles. The van der Waals surface area contributed by atoms with Crippen molar-refractivity contribution in [1.82, 2.24) is 5.32 Å². The number of nitrogens with one attached hydrogen (secondary N) is 1. The molecular formula is C18H28BCl3N2O6.